The summed E-state index contributed by atoms with van der Waals surface area (Å²) in [6.07, 6.45) is 3.08. The molecule has 4 aliphatic rings. The van der Waals surface area contributed by atoms with Crippen molar-refractivity contribution in [1.82, 2.24) is 34.0 Å². The Morgan fingerprint density at radius 3 is 2.60 bits per heavy atom. The predicted octanol–water partition coefficient (Wildman–Crippen LogP) is 4.70. The highest BCUT2D eigenvalue weighted by Crippen LogP contribution is 2.46. The lowest BCUT2D eigenvalue weighted by Gasteiger charge is -2.45. The number of nitrogens with zero attached hydrogens (tertiary/aromatic N) is 6. The Morgan fingerprint density at radius 1 is 1.21 bits per heavy atom. The van der Waals surface area contributed by atoms with E-state index in [-0.39, 0.29) is 23.7 Å². The lowest BCUT2D eigenvalue weighted by atomic mass is 9.85. The van der Waals surface area contributed by atoms with Gasteiger partial charge >= 0.3 is 12.6 Å². The number of halogens is 4. The fraction of sp³-hybridized carbons (Fsp3) is 0.448. The molecule has 5 atom stereocenters. The molecule has 1 amide bonds. The van der Waals surface area contributed by atoms with Gasteiger partial charge in [0.15, 0.2) is 10.8 Å². The molecule has 0 bridgehead atoms. The number of aromatic nitrogens is 3. The zero-order valence-electron chi connectivity index (χ0n) is 25.1. The van der Waals surface area contributed by atoms with Crippen molar-refractivity contribution < 1.29 is 31.1 Å². The lowest BCUT2D eigenvalue weighted by molar-refractivity contribution is -0.0183. The zero-order chi connectivity index (χ0) is 33.2. The first-order valence-electron chi connectivity index (χ1n) is 14.9. The van der Waals surface area contributed by atoms with E-state index < -0.39 is 58.4 Å². The number of carbonyl (C=O) groups is 1. The highest BCUT2D eigenvalue weighted by Gasteiger charge is 2.52. The van der Waals surface area contributed by atoms with Gasteiger partial charge in [0.2, 0.25) is 0 Å². The monoisotopic (exact) mass is 710 g/mol. The van der Waals surface area contributed by atoms with Gasteiger partial charge in [-0.25, -0.2) is 18.9 Å². The van der Waals surface area contributed by atoms with E-state index in [0.29, 0.717) is 51.7 Å². The summed E-state index contributed by atoms with van der Waals surface area (Å²) >= 11 is 7.86. The number of aliphatic imine (C=N–C) groups is 1. The van der Waals surface area contributed by atoms with Crippen LogP contribution in [-0.2, 0) is 14.9 Å². The topological polar surface area (TPSA) is 134 Å². The maximum atomic E-state index is 14.1. The molecule has 4 aliphatic heterocycles. The first-order valence-corrected chi connectivity index (χ1v) is 17.6. The van der Waals surface area contributed by atoms with E-state index in [0.717, 1.165) is 12.3 Å². The number of benzene rings is 1. The van der Waals surface area contributed by atoms with Crippen molar-refractivity contribution in [2.75, 3.05) is 13.1 Å². The van der Waals surface area contributed by atoms with Gasteiger partial charge in [0.25, 0.3) is 10.2 Å². The molecule has 3 fully saturated rings. The fourth-order valence-corrected chi connectivity index (χ4v) is 9.99. The molecule has 2 N–H and O–H groups in total. The summed E-state index contributed by atoms with van der Waals surface area (Å²) in [6, 6.07) is 2.84. The van der Waals surface area contributed by atoms with Crippen molar-refractivity contribution in [2.45, 2.75) is 69.4 Å². The molecule has 47 heavy (non-hydrogen) atoms. The average Bonchev–Trinajstić information content (AvgIpc) is 3.79. The fourth-order valence-electron chi connectivity index (χ4n) is 7.28. The van der Waals surface area contributed by atoms with Crippen LogP contribution in [0, 0.1) is 5.82 Å². The summed E-state index contributed by atoms with van der Waals surface area (Å²) in [4.78, 5) is 23.1. The van der Waals surface area contributed by atoms with Crippen LogP contribution in [0.15, 0.2) is 52.7 Å². The molecule has 0 radical (unpaired) electrons. The molecule has 2 unspecified atom stereocenters. The van der Waals surface area contributed by atoms with Gasteiger partial charge in [0.05, 0.1) is 12.2 Å². The molecule has 7 rings (SSSR count). The minimum Gasteiger partial charge on any atom is -0.441 e. The highest BCUT2D eigenvalue weighted by molar-refractivity contribution is 7.87. The summed E-state index contributed by atoms with van der Waals surface area (Å²) < 4.78 is 79.8. The van der Waals surface area contributed by atoms with Gasteiger partial charge in [-0.1, -0.05) is 17.7 Å². The molecule has 2 aromatic heterocycles. The number of fused-ring (bicyclic) bond motifs is 1. The van der Waals surface area contributed by atoms with Crippen molar-refractivity contribution in [2.24, 2.45) is 4.99 Å². The third-order valence-electron chi connectivity index (χ3n) is 8.89. The number of carbonyl (C=O) groups excluding carboxylic acids is 1. The number of piperidine rings is 1. The summed E-state index contributed by atoms with van der Waals surface area (Å²) in [5.41, 5.74) is 0.895. The summed E-state index contributed by atoms with van der Waals surface area (Å²) in [6.45, 7) is 1.15. The Morgan fingerprint density at radius 2 is 1.98 bits per heavy atom. The van der Waals surface area contributed by atoms with Crippen LogP contribution < -0.4 is 10.0 Å². The van der Waals surface area contributed by atoms with Gasteiger partial charge in [0.1, 0.15) is 17.5 Å². The van der Waals surface area contributed by atoms with E-state index in [4.69, 9.17) is 21.3 Å². The van der Waals surface area contributed by atoms with Crippen molar-refractivity contribution in [3.8, 4) is 0 Å². The SMILES string of the molecule is CC1CC2(CNC(=O)O2)C[C@@H](C)N1S(=O)(=O)N[C@H]1CC2=C(c3ccn(C(F)F)n3)[C@H](c3ccc(F)cc3Cl)N=C(c3nccs3)N2C1. The van der Waals surface area contributed by atoms with Crippen molar-refractivity contribution in [3.63, 3.8) is 0 Å². The highest BCUT2D eigenvalue weighted by atomic mass is 35.5. The first-order chi connectivity index (χ1) is 22.3. The average molecular weight is 711 g/mol. The quantitative estimate of drug-likeness (QED) is 0.363. The molecular weight excluding hydrogens is 681 g/mol. The van der Waals surface area contributed by atoms with Gasteiger partial charge in [-0.05, 0) is 32.0 Å². The number of alkyl carbamates (subject to hydrolysis) is 1. The standard InChI is InChI=1S/C29H30ClF3N8O4S2/c1-15-11-29(14-35-28(42)45-29)12-16(2)41(15)47(43,44)38-18-10-22-23(21-5-7-40(37-21)27(32)33)24(19-4-3-17(31)9-20(19)30)36-25(39(22)13-18)26-34-6-8-46-26/h3-9,15-16,18,24,27,38H,10-14H2,1-2H3,(H,35,42)/t15-,16?,18+,24+,29?/m1/s1. The lowest BCUT2D eigenvalue weighted by Crippen LogP contribution is -2.60. The van der Waals surface area contributed by atoms with Crippen LogP contribution >= 0.6 is 22.9 Å². The molecule has 6 heterocycles. The summed E-state index contributed by atoms with van der Waals surface area (Å²) in [7, 11) is -4.07. The number of rotatable bonds is 7. The van der Waals surface area contributed by atoms with Gasteiger partial charge in [-0.2, -0.15) is 31.3 Å². The minimum atomic E-state index is -4.07. The van der Waals surface area contributed by atoms with Gasteiger partial charge in [0, 0.05) is 83.6 Å². The Hall–Kier alpha value is -3.51. The molecule has 18 heteroatoms. The third kappa shape index (κ3) is 5.81. The van der Waals surface area contributed by atoms with Crippen LogP contribution in [0.4, 0.5) is 18.0 Å². The Bertz CT molecular complexity index is 1870. The molecule has 12 nitrogen and oxygen atoms in total. The van der Waals surface area contributed by atoms with Crippen molar-refractivity contribution in [1.29, 1.82) is 0 Å². The van der Waals surface area contributed by atoms with E-state index in [1.807, 2.05) is 4.90 Å². The number of hydrogen-bond donors (Lipinski definition) is 2. The van der Waals surface area contributed by atoms with Crippen LogP contribution in [0.25, 0.3) is 5.57 Å². The zero-order valence-corrected chi connectivity index (χ0v) is 27.5. The number of nitrogens with one attached hydrogen (secondary N) is 2. The Labute approximate surface area is 277 Å². The molecule has 250 valence electrons. The van der Waals surface area contributed by atoms with Crippen LogP contribution in [0.2, 0.25) is 5.02 Å². The van der Waals surface area contributed by atoms with Gasteiger partial charge in [-0.3, -0.25) is 4.99 Å². The smallest absolute Gasteiger partial charge is 0.407 e. The molecule has 3 aromatic rings. The number of amides is 1. The maximum Gasteiger partial charge on any atom is 0.407 e. The Kier molecular flexibility index (Phi) is 8.10. The largest absolute Gasteiger partial charge is 0.441 e. The van der Waals surface area contributed by atoms with Crippen molar-refractivity contribution >= 4 is 50.6 Å². The van der Waals surface area contributed by atoms with Crippen LogP contribution in [0.5, 0.6) is 0 Å². The second kappa shape index (κ2) is 11.9. The Balaban J connectivity index is 1.27. The van der Waals surface area contributed by atoms with E-state index in [9.17, 15) is 26.4 Å². The minimum absolute atomic E-state index is 0.0846. The molecule has 1 spiro atoms. The molecule has 0 saturated carbocycles. The first kappa shape index (κ1) is 32.1. The number of ether oxygens (including phenoxy) is 1. The normalized spacial score (nSPS) is 28.2. The van der Waals surface area contributed by atoms with Crippen LogP contribution in [-0.4, -0.2) is 81.1 Å². The van der Waals surface area contributed by atoms with E-state index in [2.05, 4.69) is 20.1 Å². The number of thiazole rings is 1. The van der Waals surface area contributed by atoms with Gasteiger partial charge in [-0.15, -0.1) is 11.3 Å². The number of alkyl halides is 2. The van der Waals surface area contributed by atoms with Crippen LogP contribution in [0.1, 0.15) is 62.0 Å². The maximum absolute atomic E-state index is 14.1. The third-order valence-corrected chi connectivity index (χ3v) is 11.9. The molecule has 3 saturated heterocycles. The van der Waals surface area contributed by atoms with E-state index in [1.165, 1.54) is 33.8 Å². The summed E-state index contributed by atoms with van der Waals surface area (Å²) in [5.74, 6) is -0.113. The van der Waals surface area contributed by atoms with Crippen molar-refractivity contribution in [3.05, 3.63) is 74.8 Å². The second-order valence-corrected chi connectivity index (χ2v) is 15.1. The van der Waals surface area contributed by atoms with Crippen LogP contribution in [0.3, 0.4) is 0 Å². The predicted molar refractivity (Wildman–Crippen MR) is 168 cm³/mol. The number of amidine groups is 1. The summed E-state index contributed by atoms with van der Waals surface area (Å²) in [5, 5.41) is 9.22. The number of hydrogen-bond acceptors (Lipinski definition) is 9. The molecule has 1 aromatic carbocycles. The second-order valence-electron chi connectivity index (χ2n) is 12.2. The van der Waals surface area contributed by atoms with E-state index in [1.54, 1.807) is 25.4 Å². The molecular formula is C29H30ClF3N8O4S2. The van der Waals surface area contributed by atoms with Gasteiger partial charge < -0.3 is 15.0 Å². The van der Waals surface area contributed by atoms with E-state index >= 15 is 0 Å². The molecule has 0 aliphatic carbocycles.